The molecular weight excluding hydrogens is 434 g/mol. The monoisotopic (exact) mass is 469 g/mol. The smallest absolute Gasteiger partial charge is 0.324 e. The summed E-state index contributed by atoms with van der Waals surface area (Å²) >= 11 is 0. The SMILES string of the molecule is Cc1cc(OCCCC2CCN(c3nc(C(C)C)no3)CC2)ccc1C(=O)N[C@H]1CCNC1=O. The fourth-order valence-corrected chi connectivity index (χ4v) is 4.51. The molecule has 34 heavy (non-hydrogen) atoms. The van der Waals surface area contributed by atoms with Gasteiger partial charge in [-0.3, -0.25) is 9.59 Å². The number of hydrogen-bond acceptors (Lipinski definition) is 7. The molecule has 184 valence electrons. The molecule has 2 N–H and O–H groups in total. The molecule has 2 aliphatic heterocycles. The normalized spacial score (nSPS) is 18.9. The minimum absolute atomic E-state index is 0.119. The van der Waals surface area contributed by atoms with E-state index in [1.54, 1.807) is 6.07 Å². The molecule has 2 aromatic rings. The van der Waals surface area contributed by atoms with Crippen molar-refractivity contribution in [2.45, 2.75) is 64.8 Å². The Bertz CT molecular complexity index is 997. The fraction of sp³-hybridized carbons (Fsp3) is 0.600. The summed E-state index contributed by atoms with van der Waals surface area (Å²) in [4.78, 5) is 30.9. The van der Waals surface area contributed by atoms with Crippen LogP contribution >= 0.6 is 0 Å². The molecule has 0 unspecified atom stereocenters. The third-order valence-electron chi connectivity index (χ3n) is 6.65. The second-order valence-electron chi connectivity index (χ2n) is 9.59. The van der Waals surface area contributed by atoms with E-state index in [1.807, 2.05) is 19.1 Å². The summed E-state index contributed by atoms with van der Waals surface area (Å²) in [7, 11) is 0. The number of aromatic nitrogens is 2. The molecule has 9 heteroatoms. The predicted molar refractivity (Wildman–Crippen MR) is 128 cm³/mol. The summed E-state index contributed by atoms with van der Waals surface area (Å²) in [6.45, 7) is 9.15. The van der Waals surface area contributed by atoms with Crippen molar-refractivity contribution >= 4 is 17.8 Å². The summed E-state index contributed by atoms with van der Waals surface area (Å²) in [6, 6.07) is 5.68. The molecule has 3 heterocycles. The van der Waals surface area contributed by atoms with Crippen molar-refractivity contribution in [2.24, 2.45) is 5.92 Å². The Balaban J connectivity index is 1.17. The number of amides is 2. The van der Waals surface area contributed by atoms with E-state index >= 15 is 0 Å². The van der Waals surface area contributed by atoms with Gasteiger partial charge in [0.2, 0.25) is 5.91 Å². The van der Waals surface area contributed by atoms with Gasteiger partial charge in [-0.25, -0.2) is 0 Å². The number of hydrogen-bond donors (Lipinski definition) is 2. The number of carbonyl (C=O) groups is 2. The summed E-state index contributed by atoms with van der Waals surface area (Å²) < 4.78 is 11.4. The third-order valence-corrected chi connectivity index (χ3v) is 6.65. The van der Waals surface area contributed by atoms with Crippen molar-refractivity contribution in [2.75, 3.05) is 31.1 Å². The molecular formula is C25H35N5O4. The van der Waals surface area contributed by atoms with Gasteiger partial charge in [0.15, 0.2) is 5.82 Å². The topological polar surface area (TPSA) is 110 Å². The molecule has 4 rings (SSSR count). The molecule has 0 aliphatic carbocycles. The Morgan fingerprint density at radius 3 is 2.74 bits per heavy atom. The standard InChI is InChI=1S/C25H35N5O4/c1-16(2)22-28-25(34-29-22)30-12-9-18(10-13-30)5-4-14-33-19-6-7-20(17(3)15-19)23(31)27-21-8-11-26-24(21)32/h6-7,15-16,18,21H,4-5,8-14H2,1-3H3,(H,26,32)(H,27,31)/t21-/m0/s1. The molecule has 0 saturated carbocycles. The average Bonchev–Trinajstić information content (AvgIpc) is 3.47. The molecule has 0 spiro atoms. The van der Waals surface area contributed by atoms with Crippen LogP contribution in [0, 0.1) is 12.8 Å². The highest BCUT2D eigenvalue weighted by molar-refractivity contribution is 5.99. The van der Waals surface area contributed by atoms with Gasteiger partial charge in [-0.2, -0.15) is 4.98 Å². The molecule has 2 aliphatic rings. The van der Waals surface area contributed by atoms with E-state index in [4.69, 9.17) is 9.26 Å². The Hall–Kier alpha value is -3.10. The van der Waals surface area contributed by atoms with Gasteiger partial charge >= 0.3 is 6.01 Å². The van der Waals surface area contributed by atoms with Gasteiger partial charge in [-0.1, -0.05) is 19.0 Å². The van der Waals surface area contributed by atoms with Crippen LogP contribution in [0.4, 0.5) is 6.01 Å². The largest absolute Gasteiger partial charge is 0.494 e. The number of aryl methyl sites for hydroxylation is 1. The van der Waals surface area contributed by atoms with Crippen molar-refractivity contribution in [3.8, 4) is 5.75 Å². The number of nitrogens with one attached hydrogen (secondary N) is 2. The second kappa shape index (κ2) is 10.9. The number of anilines is 1. The van der Waals surface area contributed by atoms with Gasteiger partial charge in [0.05, 0.1) is 6.61 Å². The van der Waals surface area contributed by atoms with Gasteiger partial charge in [0.1, 0.15) is 11.8 Å². The van der Waals surface area contributed by atoms with E-state index in [2.05, 4.69) is 39.5 Å². The van der Waals surface area contributed by atoms with Crippen molar-refractivity contribution < 1.29 is 18.8 Å². The maximum Gasteiger partial charge on any atom is 0.324 e. The van der Waals surface area contributed by atoms with Crippen molar-refractivity contribution in [3.63, 3.8) is 0 Å². The van der Waals surface area contributed by atoms with Gasteiger partial charge in [0.25, 0.3) is 5.91 Å². The van der Waals surface area contributed by atoms with Gasteiger partial charge in [-0.05, 0) is 68.7 Å². The first-order valence-electron chi connectivity index (χ1n) is 12.3. The zero-order valence-electron chi connectivity index (χ0n) is 20.3. The van der Waals surface area contributed by atoms with E-state index in [0.717, 1.165) is 55.9 Å². The van der Waals surface area contributed by atoms with Crippen LogP contribution in [0.25, 0.3) is 0 Å². The first kappa shape index (κ1) is 24.0. The second-order valence-corrected chi connectivity index (χ2v) is 9.59. The lowest BCUT2D eigenvalue weighted by atomic mass is 9.92. The Labute approximate surface area is 200 Å². The number of ether oxygens (including phenoxy) is 1. The third kappa shape index (κ3) is 5.87. The summed E-state index contributed by atoms with van der Waals surface area (Å²) in [5.74, 6) is 2.13. The maximum atomic E-state index is 12.5. The van der Waals surface area contributed by atoms with Gasteiger partial charge in [-0.15, -0.1) is 0 Å². The molecule has 2 fully saturated rings. The van der Waals surface area contributed by atoms with Crippen molar-refractivity contribution in [1.29, 1.82) is 0 Å². The van der Waals surface area contributed by atoms with Crippen LogP contribution in [0.15, 0.2) is 22.7 Å². The Kier molecular flexibility index (Phi) is 7.70. The van der Waals surface area contributed by atoms with Crippen LogP contribution < -0.4 is 20.3 Å². The van der Waals surface area contributed by atoms with E-state index in [9.17, 15) is 9.59 Å². The van der Waals surface area contributed by atoms with Gasteiger partial charge in [0, 0.05) is 31.1 Å². The first-order valence-corrected chi connectivity index (χ1v) is 12.3. The van der Waals surface area contributed by atoms with E-state index in [0.29, 0.717) is 37.1 Å². The van der Waals surface area contributed by atoms with Crippen LogP contribution in [0.5, 0.6) is 5.75 Å². The molecule has 9 nitrogen and oxygen atoms in total. The van der Waals surface area contributed by atoms with Crippen LogP contribution in [0.2, 0.25) is 0 Å². The number of carbonyl (C=O) groups excluding carboxylic acids is 2. The number of benzene rings is 1. The highest BCUT2D eigenvalue weighted by Crippen LogP contribution is 2.26. The predicted octanol–water partition coefficient (Wildman–Crippen LogP) is 3.20. The van der Waals surface area contributed by atoms with Crippen LogP contribution in [0.3, 0.4) is 0 Å². The van der Waals surface area contributed by atoms with Crippen molar-refractivity contribution in [1.82, 2.24) is 20.8 Å². The molecule has 0 radical (unpaired) electrons. The lowest BCUT2D eigenvalue weighted by molar-refractivity contribution is -0.120. The Morgan fingerprint density at radius 2 is 2.09 bits per heavy atom. The highest BCUT2D eigenvalue weighted by atomic mass is 16.5. The molecule has 0 bridgehead atoms. The number of piperidine rings is 1. The molecule has 1 aromatic heterocycles. The van der Waals surface area contributed by atoms with Crippen LogP contribution in [-0.2, 0) is 4.79 Å². The summed E-state index contributed by atoms with van der Waals surface area (Å²) in [5, 5.41) is 9.60. The van der Waals surface area contributed by atoms with Crippen LogP contribution in [0.1, 0.15) is 73.6 Å². The zero-order chi connectivity index (χ0) is 24.1. The average molecular weight is 470 g/mol. The highest BCUT2D eigenvalue weighted by Gasteiger charge is 2.26. The summed E-state index contributed by atoms with van der Waals surface area (Å²) in [5.41, 5.74) is 1.41. The Morgan fingerprint density at radius 1 is 1.29 bits per heavy atom. The summed E-state index contributed by atoms with van der Waals surface area (Å²) in [6.07, 6.45) is 4.96. The van der Waals surface area contributed by atoms with E-state index in [1.165, 1.54) is 0 Å². The van der Waals surface area contributed by atoms with E-state index in [-0.39, 0.29) is 17.7 Å². The zero-order valence-corrected chi connectivity index (χ0v) is 20.3. The van der Waals surface area contributed by atoms with Crippen LogP contribution in [-0.4, -0.2) is 54.2 Å². The minimum Gasteiger partial charge on any atom is -0.494 e. The lowest BCUT2D eigenvalue weighted by Gasteiger charge is -2.30. The number of rotatable bonds is 9. The molecule has 2 amide bonds. The number of nitrogens with zero attached hydrogens (tertiary/aromatic N) is 3. The first-order chi connectivity index (χ1) is 16.4. The fourth-order valence-electron chi connectivity index (χ4n) is 4.51. The quantitative estimate of drug-likeness (QED) is 0.543. The van der Waals surface area contributed by atoms with E-state index < -0.39 is 6.04 Å². The molecule has 1 aromatic carbocycles. The van der Waals surface area contributed by atoms with Crippen molar-refractivity contribution in [3.05, 3.63) is 35.2 Å². The molecule has 1 atom stereocenters. The molecule has 2 saturated heterocycles. The van der Waals surface area contributed by atoms with Gasteiger partial charge < -0.3 is 24.8 Å². The lowest BCUT2D eigenvalue weighted by Crippen LogP contribution is -2.40. The minimum atomic E-state index is -0.445. The maximum absolute atomic E-state index is 12.5.